The van der Waals surface area contributed by atoms with E-state index in [1.54, 1.807) is 6.20 Å². The molecule has 18 heavy (non-hydrogen) atoms. The molecule has 0 unspecified atom stereocenters. The minimum absolute atomic E-state index is 0.109. The number of anilines is 1. The van der Waals surface area contributed by atoms with E-state index >= 15 is 0 Å². The number of nitrogens with two attached hydrogens (primary N) is 1. The summed E-state index contributed by atoms with van der Waals surface area (Å²) in [6, 6.07) is 0. The van der Waals surface area contributed by atoms with Crippen molar-refractivity contribution >= 4 is 17.0 Å². The van der Waals surface area contributed by atoms with Crippen molar-refractivity contribution in [3.63, 3.8) is 0 Å². The van der Waals surface area contributed by atoms with Crippen LogP contribution >= 0.6 is 0 Å². The van der Waals surface area contributed by atoms with Gasteiger partial charge in [0, 0.05) is 12.8 Å². The van der Waals surface area contributed by atoms with Crippen LogP contribution in [0, 0.1) is 0 Å². The van der Waals surface area contributed by atoms with Crippen LogP contribution in [0.15, 0.2) is 6.20 Å². The number of H-pyrrole nitrogens is 1. The molecule has 4 N–H and O–H groups in total. The summed E-state index contributed by atoms with van der Waals surface area (Å²) in [6.07, 6.45) is 3.46. The summed E-state index contributed by atoms with van der Waals surface area (Å²) in [6.45, 7) is 1.43. The number of fused-ring (bicyclic) bond motifs is 1. The van der Waals surface area contributed by atoms with Crippen LogP contribution in [0.5, 0.6) is 5.88 Å². The van der Waals surface area contributed by atoms with Gasteiger partial charge in [0.25, 0.3) is 0 Å². The first-order chi connectivity index (χ1) is 8.86. The Labute approximate surface area is 103 Å². The van der Waals surface area contributed by atoms with Gasteiger partial charge in [0.05, 0.1) is 19.4 Å². The third kappa shape index (κ3) is 2.07. The second kappa shape index (κ2) is 4.75. The van der Waals surface area contributed by atoms with Gasteiger partial charge < -0.3 is 9.47 Å². The van der Waals surface area contributed by atoms with Gasteiger partial charge in [-0.2, -0.15) is 15.1 Å². The normalized spacial score (nSPS) is 16.9. The fraction of sp³-hybridized carbons (Fsp3) is 0.500. The Morgan fingerprint density at radius 1 is 1.39 bits per heavy atom. The van der Waals surface area contributed by atoms with Crippen LogP contribution < -0.4 is 16.0 Å². The summed E-state index contributed by atoms with van der Waals surface area (Å²) in [5.74, 6) is 6.12. The summed E-state index contributed by atoms with van der Waals surface area (Å²) in [5.41, 5.74) is 3.01. The summed E-state index contributed by atoms with van der Waals surface area (Å²) >= 11 is 0. The highest BCUT2D eigenvalue weighted by Gasteiger charge is 2.18. The molecule has 0 radical (unpaired) electrons. The highest BCUT2D eigenvalue weighted by atomic mass is 16.5. The van der Waals surface area contributed by atoms with E-state index in [-0.39, 0.29) is 6.10 Å². The summed E-state index contributed by atoms with van der Waals surface area (Å²) in [7, 11) is 0. The predicted octanol–water partition coefficient (Wildman–Crippen LogP) is 0.196. The maximum atomic E-state index is 5.88. The number of hydrogen-bond acceptors (Lipinski definition) is 7. The zero-order valence-electron chi connectivity index (χ0n) is 9.72. The Morgan fingerprint density at radius 2 is 2.22 bits per heavy atom. The number of rotatable bonds is 3. The Morgan fingerprint density at radius 3 is 3.00 bits per heavy atom. The molecule has 2 aromatic rings. The molecular formula is C10H14N6O2. The van der Waals surface area contributed by atoms with E-state index in [2.05, 4.69) is 25.6 Å². The highest BCUT2D eigenvalue weighted by molar-refractivity contribution is 5.80. The minimum atomic E-state index is 0.109. The number of ether oxygens (including phenoxy) is 2. The maximum Gasteiger partial charge on any atom is 0.242 e. The molecule has 1 aliphatic heterocycles. The van der Waals surface area contributed by atoms with Crippen LogP contribution in [0.2, 0.25) is 0 Å². The first-order valence-electron chi connectivity index (χ1n) is 5.79. The van der Waals surface area contributed by atoms with Crippen molar-refractivity contribution in [3.05, 3.63) is 6.20 Å². The Balaban J connectivity index is 1.91. The van der Waals surface area contributed by atoms with Crippen LogP contribution in [0.1, 0.15) is 12.8 Å². The zero-order chi connectivity index (χ0) is 12.4. The predicted molar refractivity (Wildman–Crippen MR) is 64.0 cm³/mol. The summed E-state index contributed by atoms with van der Waals surface area (Å²) < 4.78 is 11.2. The quantitative estimate of drug-likeness (QED) is 0.527. The van der Waals surface area contributed by atoms with Gasteiger partial charge in [-0.25, -0.2) is 5.84 Å². The van der Waals surface area contributed by atoms with Gasteiger partial charge in [0.2, 0.25) is 11.8 Å². The molecule has 96 valence electrons. The minimum Gasteiger partial charge on any atom is -0.474 e. The molecule has 8 heteroatoms. The van der Waals surface area contributed by atoms with Crippen molar-refractivity contribution in [2.75, 3.05) is 18.6 Å². The molecule has 0 bridgehead atoms. The molecule has 0 atom stereocenters. The van der Waals surface area contributed by atoms with Gasteiger partial charge in [-0.15, -0.1) is 0 Å². The third-order valence-corrected chi connectivity index (χ3v) is 2.85. The second-order valence-corrected chi connectivity index (χ2v) is 4.06. The van der Waals surface area contributed by atoms with Gasteiger partial charge in [-0.05, 0) is 0 Å². The molecule has 1 fully saturated rings. The van der Waals surface area contributed by atoms with Gasteiger partial charge in [-0.3, -0.25) is 10.5 Å². The molecule has 8 nitrogen and oxygen atoms in total. The smallest absolute Gasteiger partial charge is 0.242 e. The standard InChI is InChI=1S/C10H14N6O2/c11-15-10-13-8-7(5-12-16-8)9(14-10)18-6-1-3-17-4-2-6/h5-6H,1-4,11H2,(H2,12,13,14,15,16). The van der Waals surface area contributed by atoms with Crippen molar-refractivity contribution < 1.29 is 9.47 Å². The second-order valence-electron chi connectivity index (χ2n) is 4.06. The zero-order valence-corrected chi connectivity index (χ0v) is 9.72. The number of hydrogen-bond donors (Lipinski definition) is 3. The number of aromatic nitrogens is 4. The molecule has 0 amide bonds. The molecule has 1 aliphatic rings. The average Bonchev–Trinajstić information content (AvgIpc) is 2.88. The van der Waals surface area contributed by atoms with E-state index in [0.717, 1.165) is 18.2 Å². The van der Waals surface area contributed by atoms with Crippen molar-refractivity contribution in [2.45, 2.75) is 18.9 Å². The van der Waals surface area contributed by atoms with Crippen molar-refractivity contribution in [2.24, 2.45) is 5.84 Å². The first kappa shape index (κ1) is 11.2. The van der Waals surface area contributed by atoms with Crippen LogP contribution in [-0.4, -0.2) is 39.5 Å². The average molecular weight is 250 g/mol. The van der Waals surface area contributed by atoms with E-state index in [0.29, 0.717) is 30.7 Å². The number of nitrogens with zero attached hydrogens (tertiary/aromatic N) is 3. The Kier molecular flexibility index (Phi) is 2.95. The fourth-order valence-electron chi connectivity index (χ4n) is 1.91. The van der Waals surface area contributed by atoms with E-state index in [4.69, 9.17) is 15.3 Å². The molecule has 0 spiro atoms. The fourth-order valence-corrected chi connectivity index (χ4v) is 1.91. The van der Waals surface area contributed by atoms with Crippen LogP contribution in [-0.2, 0) is 4.74 Å². The maximum absolute atomic E-state index is 5.88. The van der Waals surface area contributed by atoms with Crippen LogP contribution in [0.25, 0.3) is 11.0 Å². The Hall–Kier alpha value is -1.93. The van der Waals surface area contributed by atoms with Crippen LogP contribution in [0.3, 0.4) is 0 Å². The van der Waals surface area contributed by atoms with E-state index in [1.165, 1.54) is 0 Å². The van der Waals surface area contributed by atoms with Gasteiger partial charge in [0.15, 0.2) is 5.65 Å². The molecule has 2 aromatic heterocycles. The lowest BCUT2D eigenvalue weighted by atomic mass is 10.1. The van der Waals surface area contributed by atoms with E-state index in [9.17, 15) is 0 Å². The number of nitrogen functional groups attached to an aromatic ring is 1. The van der Waals surface area contributed by atoms with E-state index in [1.807, 2.05) is 0 Å². The van der Waals surface area contributed by atoms with Crippen molar-refractivity contribution in [3.8, 4) is 5.88 Å². The number of nitrogens with one attached hydrogen (secondary N) is 2. The van der Waals surface area contributed by atoms with Gasteiger partial charge >= 0.3 is 0 Å². The van der Waals surface area contributed by atoms with E-state index < -0.39 is 0 Å². The molecule has 0 saturated carbocycles. The topological polar surface area (TPSA) is 111 Å². The van der Waals surface area contributed by atoms with Gasteiger partial charge in [-0.1, -0.05) is 0 Å². The molecule has 3 rings (SSSR count). The monoisotopic (exact) mass is 250 g/mol. The largest absolute Gasteiger partial charge is 0.474 e. The lowest BCUT2D eigenvalue weighted by Crippen LogP contribution is -2.26. The highest BCUT2D eigenvalue weighted by Crippen LogP contribution is 2.24. The first-order valence-corrected chi connectivity index (χ1v) is 5.79. The van der Waals surface area contributed by atoms with Crippen LogP contribution in [0.4, 0.5) is 5.95 Å². The number of aromatic amines is 1. The number of hydrazine groups is 1. The summed E-state index contributed by atoms with van der Waals surface area (Å²) in [4.78, 5) is 8.35. The van der Waals surface area contributed by atoms with Crippen molar-refractivity contribution in [1.82, 2.24) is 20.2 Å². The van der Waals surface area contributed by atoms with Crippen molar-refractivity contribution in [1.29, 1.82) is 0 Å². The molecule has 1 saturated heterocycles. The van der Waals surface area contributed by atoms with Gasteiger partial charge in [0.1, 0.15) is 11.5 Å². The summed E-state index contributed by atoms with van der Waals surface area (Å²) in [5, 5.41) is 7.45. The Bertz CT molecular complexity index is 536. The molecular weight excluding hydrogens is 236 g/mol. The molecule has 0 aromatic carbocycles. The molecule has 0 aliphatic carbocycles. The lowest BCUT2D eigenvalue weighted by molar-refractivity contribution is 0.0244. The molecule has 3 heterocycles. The third-order valence-electron chi connectivity index (χ3n) is 2.85. The SMILES string of the molecule is NNc1nc(OC2CCOCC2)c2cn[nH]c2n1. The lowest BCUT2D eigenvalue weighted by Gasteiger charge is -2.22.